The number of aliphatic hydroxyl groups is 4. The minimum atomic E-state index is -2.92. The average Bonchev–Trinajstić information content (AvgIpc) is 2.67. The number of aliphatic hydroxyl groups excluding tert-OH is 2. The number of phenols is 1. The number of phenolic OH excluding ortho intramolecular Hbond substituents is 1. The molecule has 4 rings (SSSR count). The molecule has 1 aromatic carbocycles. The molecule has 5 N–H and O–H groups in total. The number of aromatic hydroxyl groups is 1. The molecule has 0 aliphatic heterocycles. The van der Waals surface area contributed by atoms with Crippen molar-refractivity contribution in [2.75, 3.05) is 14.1 Å². The van der Waals surface area contributed by atoms with Crippen molar-refractivity contribution < 1.29 is 39.9 Å². The Morgan fingerprint density at radius 1 is 1.03 bits per heavy atom. The first-order valence-electron chi connectivity index (χ1n) is 10.5. The zero-order valence-electron chi connectivity index (χ0n) is 18.2. The van der Waals surface area contributed by atoms with Crippen molar-refractivity contribution in [2.45, 2.75) is 37.7 Å². The summed E-state index contributed by atoms with van der Waals surface area (Å²) in [5.74, 6) is -12.5. The number of fused-ring (bicyclic) bond motifs is 3. The summed E-state index contributed by atoms with van der Waals surface area (Å²) in [5, 5.41) is 55.2. The number of nitrogens with zero attached hydrogens (tertiary/aromatic N) is 1. The van der Waals surface area contributed by atoms with E-state index in [1.165, 1.54) is 11.0 Å². The van der Waals surface area contributed by atoms with Crippen LogP contribution in [0.3, 0.4) is 0 Å². The van der Waals surface area contributed by atoms with Gasteiger partial charge in [0.15, 0.2) is 23.1 Å². The predicted molar refractivity (Wildman–Crippen MR) is 111 cm³/mol. The smallest absolute Gasteiger partial charge is 0.184 e. The standard InChI is InChI=1S/C23H27NO8/c1-8-10-6-5-7-11(26)14(10)21(29)16-12(8)19(27)15-17(23(16,31)32)20(28)13(9(2)25)22(30)18(15)24(3)4/h5-8,12,15-19,26-27,30-32H,1-4H3/t8-,12+,15+,16?,17+,18-,19-/m0/s1. The van der Waals surface area contributed by atoms with Gasteiger partial charge in [-0.2, -0.15) is 0 Å². The van der Waals surface area contributed by atoms with Crippen molar-refractivity contribution in [1.29, 1.82) is 0 Å². The molecule has 0 radical (unpaired) electrons. The number of carbonyl (C=O) groups is 3. The third-order valence-electron chi connectivity index (χ3n) is 7.48. The molecule has 9 nitrogen and oxygen atoms in total. The molecule has 1 unspecified atom stereocenters. The van der Waals surface area contributed by atoms with Crippen molar-refractivity contribution in [3.05, 3.63) is 40.7 Å². The fourth-order valence-corrected chi connectivity index (χ4v) is 6.22. The van der Waals surface area contributed by atoms with Gasteiger partial charge < -0.3 is 25.5 Å². The number of Topliss-reactive ketones (excluding diaryl/α,β-unsaturated/α-hetero) is 3. The molecule has 1 saturated carbocycles. The van der Waals surface area contributed by atoms with Crippen LogP contribution in [0.15, 0.2) is 29.5 Å². The van der Waals surface area contributed by atoms with Crippen LogP contribution in [0.1, 0.15) is 35.7 Å². The van der Waals surface area contributed by atoms with Gasteiger partial charge in [-0.05, 0) is 38.6 Å². The van der Waals surface area contributed by atoms with E-state index in [9.17, 15) is 39.9 Å². The van der Waals surface area contributed by atoms with Gasteiger partial charge >= 0.3 is 0 Å². The molecule has 172 valence electrons. The lowest BCUT2D eigenvalue weighted by atomic mass is 9.50. The van der Waals surface area contributed by atoms with E-state index in [-0.39, 0.29) is 11.3 Å². The molecule has 1 aromatic rings. The van der Waals surface area contributed by atoms with Crippen molar-refractivity contribution in [1.82, 2.24) is 4.90 Å². The summed E-state index contributed by atoms with van der Waals surface area (Å²) < 4.78 is 0. The van der Waals surface area contributed by atoms with Crippen LogP contribution >= 0.6 is 0 Å². The number of ketones is 3. The van der Waals surface area contributed by atoms with E-state index in [0.29, 0.717) is 5.56 Å². The molecular weight excluding hydrogens is 418 g/mol. The van der Waals surface area contributed by atoms with Gasteiger partial charge in [0.05, 0.1) is 35.1 Å². The monoisotopic (exact) mass is 445 g/mol. The Balaban J connectivity index is 1.98. The van der Waals surface area contributed by atoms with Crippen LogP contribution in [-0.2, 0) is 9.59 Å². The Morgan fingerprint density at radius 3 is 2.19 bits per heavy atom. The number of benzene rings is 1. The fourth-order valence-electron chi connectivity index (χ4n) is 6.22. The Bertz CT molecular complexity index is 1060. The highest BCUT2D eigenvalue weighted by Crippen LogP contribution is 2.57. The lowest BCUT2D eigenvalue weighted by molar-refractivity contribution is -0.283. The highest BCUT2D eigenvalue weighted by atomic mass is 16.5. The van der Waals surface area contributed by atoms with Gasteiger partial charge in [0.2, 0.25) is 0 Å². The molecule has 9 heteroatoms. The Labute approximate surface area is 184 Å². The maximum absolute atomic E-state index is 13.4. The zero-order valence-corrected chi connectivity index (χ0v) is 18.2. The highest BCUT2D eigenvalue weighted by molar-refractivity contribution is 6.21. The van der Waals surface area contributed by atoms with Crippen molar-refractivity contribution in [2.24, 2.45) is 23.7 Å². The maximum Gasteiger partial charge on any atom is 0.184 e. The number of allylic oxidation sites excluding steroid dienone is 1. The molecule has 3 aliphatic rings. The molecule has 0 bridgehead atoms. The predicted octanol–water partition coefficient (Wildman–Crippen LogP) is 0.126. The third kappa shape index (κ3) is 2.75. The number of hydrogen-bond acceptors (Lipinski definition) is 9. The minimum Gasteiger partial charge on any atom is -0.510 e. The van der Waals surface area contributed by atoms with Crippen LogP contribution in [0.25, 0.3) is 0 Å². The molecule has 0 saturated heterocycles. The lowest BCUT2D eigenvalue weighted by Crippen LogP contribution is -2.71. The quantitative estimate of drug-likeness (QED) is 0.315. The van der Waals surface area contributed by atoms with Crippen molar-refractivity contribution in [3.8, 4) is 5.75 Å². The number of carbonyl (C=O) groups excluding carboxylic acids is 3. The molecular formula is C23H27NO8. The molecule has 0 spiro atoms. The SMILES string of the molecule is CC(=O)C1=C(O)[C@@H](N(C)C)[C@@H]2[C@@H](O)[C@H]3C(C(=O)c4c(O)cccc4[C@@H]3C)C(O)(O)[C@H]2C1=O. The minimum absolute atomic E-state index is 0.0722. The van der Waals surface area contributed by atoms with Crippen LogP contribution in [-0.4, -0.2) is 79.8 Å². The van der Waals surface area contributed by atoms with E-state index in [4.69, 9.17) is 0 Å². The van der Waals surface area contributed by atoms with E-state index >= 15 is 0 Å². The summed E-state index contributed by atoms with van der Waals surface area (Å²) in [5.41, 5.74) is -0.183. The van der Waals surface area contributed by atoms with Gasteiger partial charge in [-0.15, -0.1) is 0 Å². The van der Waals surface area contributed by atoms with E-state index in [0.717, 1.165) is 6.92 Å². The third-order valence-corrected chi connectivity index (χ3v) is 7.48. The largest absolute Gasteiger partial charge is 0.510 e. The summed E-state index contributed by atoms with van der Waals surface area (Å²) in [6.07, 6.45) is -1.39. The molecule has 32 heavy (non-hydrogen) atoms. The van der Waals surface area contributed by atoms with Crippen LogP contribution < -0.4 is 0 Å². The topological polar surface area (TPSA) is 156 Å². The zero-order chi connectivity index (χ0) is 23.9. The molecule has 0 heterocycles. The van der Waals surface area contributed by atoms with Crippen LogP contribution in [0.4, 0.5) is 0 Å². The molecule has 0 amide bonds. The van der Waals surface area contributed by atoms with Gasteiger partial charge in [0.25, 0.3) is 0 Å². The normalized spacial score (nSPS) is 35.9. The second kappa shape index (κ2) is 7.21. The van der Waals surface area contributed by atoms with E-state index in [1.807, 2.05) is 0 Å². The average molecular weight is 445 g/mol. The van der Waals surface area contributed by atoms with Crippen molar-refractivity contribution >= 4 is 17.3 Å². The van der Waals surface area contributed by atoms with E-state index < -0.39 is 76.2 Å². The van der Waals surface area contributed by atoms with Gasteiger partial charge in [-0.3, -0.25) is 19.3 Å². The number of likely N-dealkylation sites (N-methyl/N-ethyl adjacent to an activating group) is 1. The van der Waals surface area contributed by atoms with Crippen LogP contribution in [0.2, 0.25) is 0 Å². The maximum atomic E-state index is 13.4. The summed E-state index contributed by atoms with van der Waals surface area (Å²) >= 11 is 0. The Kier molecular flexibility index (Phi) is 5.09. The van der Waals surface area contributed by atoms with Gasteiger partial charge in [0.1, 0.15) is 11.5 Å². The fraction of sp³-hybridized carbons (Fsp3) is 0.522. The second-order valence-corrected chi connectivity index (χ2v) is 9.37. The Morgan fingerprint density at radius 2 is 1.62 bits per heavy atom. The molecule has 7 atom stereocenters. The molecule has 3 aliphatic carbocycles. The summed E-state index contributed by atoms with van der Waals surface area (Å²) in [4.78, 5) is 40.4. The second-order valence-electron chi connectivity index (χ2n) is 9.37. The number of rotatable bonds is 2. The van der Waals surface area contributed by atoms with E-state index in [1.54, 1.807) is 33.2 Å². The van der Waals surface area contributed by atoms with Gasteiger partial charge in [-0.1, -0.05) is 19.1 Å². The molecule has 0 aromatic heterocycles. The lowest BCUT2D eigenvalue weighted by Gasteiger charge is -2.57. The summed E-state index contributed by atoms with van der Waals surface area (Å²) in [6, 6.07) is 3.44. The van der Waals surface area contributed by atoms with Gasteiger partial charge in [0, 0.05) is 11.8 Å². The first-order chi connectivity index (χ1) is 14.8. The first-order valence-corrected chi connectivity index (χ1v) is 10.5. The van der Waals surface area contributed by atoms with Crippen molar-refractivity contribution in [3.63, 3.8) is 0 Å². The summed E-state index contributed by atoms with van der Waals surface area (Å²) in [7, 11) is 3.15. The molecule has 1 fully saturated rings. The van der Waals surface area contributed by atoms with E-state index in [2.05, 4.69) is 0 Å². The Hall–Kier alpha value is -2.59. The first kappa shape index (κ1) is 22.6. The van der Waals surface area contributed by atoms with Crippen LogP contribution in [0.5, 0.6) is 5.75 Å². The highest BCUT2D eigenvalue weighted by Gasteiger charge is 2.69. The summed E-state index contributed by atoms with van der Waals surface area (Å²) in [6.45, 7) is 2.78. The van der Waals surface area contributed by atoms with Gasteiger partial charge in [-0.25, -0.2) is 0 Å². The number of hydrogen-bond donors (Lipinski definition) is 5. The van der Waals surface area contributed by atoms with Crippen LogP contribution in [0, 0.1) is 23.7 Å².